The highest BCUT2D eigenvalue weighted by Gasteiger charge is 2.28. The Morgan fingerprint density at radius 3 is 3.00 bits per heavy atom. The van der Waals surface area contributed by atoms with E-state index < -0.39 is 0 Å². The first-order valence-corrected chi connectivity index (χ1v) is 6.30. The third kappa shape index (κ3) is 2.28. The van der Waals surface area contributed by atoms with Crippen LogP contribution in [-0.4, -0.2) is 23.4 Å². The number of hydrogen-bond acceptors (Lipinski definition) is 2. The lowest BCUT2D eigenvalue weighted by Gasteiger charge is -2.24. The Labute approximate surface area is 103 Å². The highest BCUT2D eigenvalue weighted by atomic mass is 16.2. The Kier molecular flexibility index (Phi) is 3.36. The normalized spacial score (nSPS) is 19.6. The molecule has 1 unspecified atom stereocenters. The maximum Gasteiger partial charge on any atom is 0.256 e. The van der Waals surface area contributed by atoms with Crippen LogP contribution < -0.4 is 5.73 Å². The molecule has 0 aliphatic carbocycles. The highest BCUT2D eigenvalue weighted by Crippen LogP contribution is 2.24. The molecule has 0 aromatic heterocycles. The molecule has 0 saturated carbocycles. The molecule has 1 aliphatic heterocycles. The predicted octanol–water partition coefficient (Wildman–Crippen LogP) is 2.59. The molecule has 0 bridgehead atoms. The molecule has 92 valence electrons. The van der Waals surface area contributed by atoms with Crippen molar-refractivity contribution in [2.45, 2.75) is 39.2 Å². The van der Waals surface area contributed by atoms with E-state index in [0.29, 0.717) is 17.3 Å². The van der Waals surface area contributed by atoms with E-state index in [1.807, 2.05) is 30.0 Å². The van der Waals surface area contributed by atoms with E-state index in [0.717, 1.165) is 31.4 Å². The van der Waals surface area contributed by atoms with Crippen LogP contribution in [0, 0.1) is 6.92 Å². The average Bonchev–Trinajstić information content (AvgIpc) is 2.79. The van der Waals surface area contributed by atoms with Gasteiger partial charge in [-0.2, -0.15) is 0 Å². The zero-order valence-corrected chi connectivity index (χ0v) is 10.6. The van der Waals surface area contributed by atoms with E-state index in [-0.39, 0.29) is 5.91 Å². The van der Waals surface area contributed by atoms with Crippen LogP contribution in [-0.2, 0) is 0 Å². The second kappa shape index (κ2) is 4.78. The number of nitrogens with two attached hydrogens (primary N) is 1. The van der Waals surface area contributed by atoms with Crippen LogP contribution in [0.5, 0.6) is 0 Å². The molecule has 1 fully saturated rings. The summed E-state index contributed by atoms with van der Waals surface area (Å²) >= 11 is 0. The van der Waals surface area contributed by atoms with Crippen LogP contribution >= 0.6 is 0 Å². The second-order valence-electron chi connectivity index (χ2n) is 4.79. The summed E-state index contributed by atoms with van der Waals surface area (Å²) in [7, 11) is 0. The minimum Gasteiger partial charge on any atom is -0.398 e. The van der Waals surface area contributed by atoms with Gasteiger partial charge in [-0.25, -0.2) is 0 Å². The van der Waals surface area contributed by atoms with E-state index >= 15 is 0 Å². The molecule has 3 nitrogen and oxygen atoms in total. The van der Waals surface area contributed by atoms with Crippen LogP contribution in [0.4, 0.5) is 5.69 Å². The molecule has 17 heavy (non-hydrogen) atoms. The molecule has 0 spiro atoms. The van der Waals surface area contributed by atoms with E-state index in [4.69, 9.17) is 5.73 Å². The summed E-state index contributed by atoms with van der Waals surface area (Å²) in [5.41, 5.74) is 8.22. The van der Waals surface area contributed by atoms with Crippen molar-refractivity contribution < 1.29 is 4.79 Å². The van der Waals surface area contributed by atoms with Crippen molar-refractivity contribution >= 4 is 11.6 Å². The molecule has 1 aliphatic rings. The van der Waals surface area contributed by atoms with Crippen molar-refractivity contribution in [1.29, 1.82) is 0 Å². The lowest BCUT2D eigenvalue weighted by molar-refractivity contribution is 0.0734. The van der Waals surface area contributed by atoms with Gasteiger partial charge in [0.1, 0.15) is 0 Å². The number of anilines is 1. The Hall–Kier alpha value is -1.51. The Balaban J connectivity index is 2.27. The van der Waals surface area contributed by atoms with Crippen molar-refractivity contribution in [3.8, 4) is 0 Å². The molecule has 0 radical (unpaired) electrons. The van der Waals surface area contributed by atoms with Crippen LogP contribution in [0.1, 0.15) is 42.1 Å². The van der Waals surface area contributed by atoms with Gasteiger partial charge in [-0.1, -0.05) is 18.6 Å². The molecule has 1 aromatic carbocycles. The molecule has 1 heterocycles. The molecule has 1 saturated heterocycles. The molecule has 1 atom stereocenters. The fourth-order valence-electron chi connectivity index (χ4n) is 2.54. The van der Waals surface area contributed by atoms with Gasteiger partial charge in [0.05, 0.1) is 5.56 Å². The Morgan fingerprint density at radius 1 is 1.53 bits per heavy atom. The van der Waals surface area contributed by atoms with Crippen molar-refractivity contribution in [1.82, 2.24) is 4.90 Å². The molecule has 1 amide bonds. The molecule has 1 aromatic rings. The monoisotopic (exact) mass is 232 g/mol. The van der Waals surface area contributed by atoms with Crippen LogP contribution in [0.2, 0.25) is 0 Å². The summed E-state index contributed by atoms with van der Waals surface area (Å²) in [6, 6.07) is 6.04. The zero-order valence-electron chi connectivity index (χ0n) is 10.6. The minimum atomic E-state index is 0.0931. The standard InChI is InChI=1S/C14H20N2O/c1-3-11-5-4-8-16(11)14(17)12-9-10(2)6-7-13(12)15/h6-7,9,11H,3-5,8,15H2,1-2H3. The molecule has 3 heteroatoms. The summed E-state index contributed by atoms with van der Waals surface area (Å²) in [6.07, 6.45) is 3.25. The number of carbonyl (C=O) groups is 1. The number of aryl methyl sites for hydroxylation is 1. The summed E-state index contributed by atoms with van der Waals surface area (Å²) in [4.78, 5) is 14.4. The van der Waals surface area contributed by atoms with Gasteiger partial charge in [-0.3, -0.25) is 4.79 Å². The smallest absolute Gasteiger partial charge is 0.256 e. The fraction of sp³-hybridized carbons (Fsp3) is 0.500. The number of nitrogens with zero attached hydrogens (tertiary/aromatic N) is 1. The Morgan fingerprint density at radius 2 is 2.29 bits per heavy atom. The van der Waals surface area contributed by atoms with Gasteiger partial charge in [-0.05, 0) is 38.3 Å². The second-order valence-corrected chi connectivity index (χ2v) is 4.79. The number of amides is 1. The SMILES string of the molecule is CCC1CCCN1C(=O)c1cc(C)ccc1N. The lowest BCUT2D eigenvalue weighted by atomic mass is 10.1. The van der Waals surface area contributed by atoms with Gasteiger partial charge in [0.15, 0.2) is 0 Å². The zero-order chi connectivity index (χ0) is 12.4. The molecular weight excluding hydrogens is 212 g/mol. The molecule has 2 N–H and O–H groups in total. The average molecular weight is 232 g/mol. The number of carbonyl (C=O) groups excluding carboxylic acids is 1. The van der Waals surface area contributed by atoms with Gasteiger partial charge >= 0.3 is 0 Å². The van der Waals surface area contributed by atoms with Gasteiger partial charge in [0.2, 0.25) is 0 Å². The maximum atomic E-state index is 12.4. The first-order valence-electron chi connectivity index (χ1n) is 6.30. The summed E-state index contributed by atoms with van der Waals surface area (Å²) < 4.78 is 0. The van der Waals surface area contributed by atoms with Gasteiger partial charge < -0.3 is 10.6 Å². The number of benzene rings is 1. The van der Waals surface area contributed by atoms with Gasteiger partial charge in [0.25, 0.3) is 5.91 Å². The highest BCUT2D eigenvalue weighted by molar-refractivity contribution is 5.99. The number of likely N-dealkylation sites (tertiary alicyclic amines) is 1. The summed E-state index contributed by atoms with van der Waals surface area (Å²) in [5.74, 6) is 0.0931. The largest absolute Gasteiger partial charge is 0.398 e. The van der Waals surface area contributed by atoms with Crippen molar-refractivity contribution in [3.63, 3.8) is 0 Å². The van der Waals surface area contributed by atoms with Crippen molar-refractivity contribution in [2.24, 2.45) is 0 Å². The van der Waals surface area contributed by atoms with E-state index in [1.165, 1.54) is 0 Å². The molecular formula is C14H20N2O. The summed E-state index contributed by atoms with van der Waals surface area (Å²) in [5, 5.41) is 0. The first-order chi connectivity index (χ1) is 8.13. The van der Waals surface area contributed by atoms with Gasteiger partial charge in [0, 0.05) is 18.3 Å². The third-order valence-corrected chi connectivity index (χ3v) is 3.55. The number of nitrogen functional groups attached to an aromatic ring is 1. The van der Waals surface area contributed by atoms with Gasteiger partial charge in [-0.15, -0.1) is 0 Å². The van der Waals surface area contributed by atoms with Crippen molar-refractivity contribution in [2.75, 3.05) is 12.3 Å². The minimum absolute atomic E-state index is 0.0931. The topological polar surface area (TPSA) is 46.3 Å². The number of hydrogen-bond donors (Lipinski definition) is 1. The third-order valence-electron chi connectivity index (χ3n) is 3.55. The van der Waals surface area contributed by atoms with Crippen LogP contribution in [0.15, 0.2) is 18.2 Å². The Bertz CT molecular complexity index is 428. The van der Waals surface area contributed by atoms with Crippen LogP contribution in [0.3, 0.4) is 0 Å². The van der Waals surface area contributed by atoms with E-state index in [9.17, 15) is 4.79 Å². The lowest BCUT2D eigenvalue weighted by Crippen LogP contribution is -2.35. The van der Waals surface area contributed by atoms with E-state index in [2.05, 4.69) is 6.92 Å². The summed E-state index contributed by atoms with van der Waals surface area (Å²) in [6.45, 7) is 4.98. The van der Waals surface area contributed by atoms with E-state index in [1.54, 1.807) is 0 Å². The fourth-order valence-corrected chi connectivity index (χ4v) is 2.54. The van der Waals surface area contributed by atoms with Crippen LogP contribution in [0.25, 0.3) is 0 Å². The maximum absolute atomic E-state index is 12.4. The van der Waals surface area contributed by atoms with Crippen molar-refractivity contribution in [3.05, 3.63) is 29.3 Å². The number of rotatable bonds is 2. The predicted molar refractivity (Wildman–Crippen MR) is 69.9 cm³/mol. The molecule has 2 rings (SSSR count). The quantitative estimate of drug-likeness (QED) is 0.797. The first kappa shape index (κ1) is 12.0.